The van der Waals surface area contributed by atoms with Crippen LogP contribution in [0.15, 0.2) is 30.3 Å². The van der Waals surface area contributed by atoms with Crippen LogP contribution in [0.4, 0.5) is 0 Å². The SMILES string of the molecule is Cc1cc(-c2ccc(Cl)cc2)nc(=S)[nH]1. The molecular formula is C11H9ClN2S. The average Bonchev–Trinajstić information content (AvgIpc) is 2.17. The van der Waals surface area contributed by atoms with E-state index in [1.54, 1.807) is 0 Å². The third kappa shape index (κ3) is 2.43. The van der Waals surface area contributed by atoms with Gasteiger partial charge in [-0.15, -0.1) is 0 Å². The Morgan fingerprint density at radius 2 is 1.93 bits per heavy atom. The Kier molecular flexibility index (Phi) is 2.84. The van der Waals surface area contributed by atoms with E-state index in [0.717, 1.165) is 22.0 Å². The van der Waals surface area contributed by atoms with Gasteiger partial charge in [0.15, 0.2) is 4.77 Å². The molecule has 1 N–H and O–H groups in total. The first-order valence-corrected chi connectivity index (χ1v) is 5.28. The van der Waals surface area contributed by atoms with Gasteiger partial charge in [0.1, 0.15) is 0 Å². The lowest BCUT2D eigenvalue weighted by Gasteiger charge is -2.02. The lowest BCUT2D eigenvalue weighted by Crippen LogP contribution is -1.89. The molecule has 1 aromatic heterocycles. The maximum atomic E-state index is 5.81. The van der Waals surface area contributed by atoms with Gasteiger partial charge in [0.05, 0.1) is 5.69 Å². The lowest BCUT2D eigenvalue weighted by molar-refractivity contribution is 1.08. The van der Waals surface area contributed by atoms with Crippen molar-refractivity contribution in [2.45, 2.75) is 6.92 Å². The fraction of sp³-hybridized carbons (Fsp3) is 0.0909. The van der Waals surface area contributed by atoms with Crippen molar-refractivity contribution in [3.8, 4) is 11.3 Å². The highest BCUT2D eigenvalue weighted by Crippen LogP contribution is 2.19. The van der Waals surface area contributed by atoms with Gasteiger partial charge in [-0.3, -0.25) is 0 Å². The van der Waals surface area contributed by atoms with Crippen LogP contribution in [0.2, 0.25) is 5.02 Å². The Morgan fingerprint density at radius 3 is 2.53 bits per heavy atom. The molecule has 0 saturated heterocycles. The molecule has 2 rings (SSSR count). The van der Waals surface area contributed by atoms with Gasteiger partial charge < -0.3 is 4.98 Å². The smallest absolute Gasteiger partial charge is 0.197 e. The second-order valence-electron chi connectivity index (χ2n) is 3.26. The first-order valence-electron chi connectivity index (χ1n) is 4.49. The van der Waals surface area contributed by atoms with Crippen LogP contribution in [0.5, 0.6) is 0 Å². The van der Waals surface area contributed by atoms with E-state index in [-0.39, 0.29) is 0 Å². The van der Waals surface area contributed by atoms with Crippen molar-refractivity contribution in [3.05, 3.63) is 45.8 Å². The van der Waals surface area contributed by atoms with Crippen LogP contribution in [-0.4, -0.2) is 9.97 Å². The van der Waals surface area contributed by atoms with Gasteiger partial charge in [-0.1, -0.05) is 23.7 Å². The maximum absolute atomic E-state index is 5.81. The van der Waals surface area contributed by atoms with Crippen molar-refractivity contribution in [1.29, 1.82) is 0 Å². The van der Waals surface area contributed by atoms with E-state index < -0.39 is 0 Å². The molecule has 0 atom stereocenters. The van der Waals surface area contributed by atoms with Crippen molar-refractivity contribution >= 4 is 23.8 Å². The highest BCUT2D eigenvalue weighted by atomic mass is 35.5. The number of aromatic amines is 1. The molecule has 0 fully saturated rings. The molecule has 0 bridgehead atoms. The largest absolute Gasteiger partial charge is 0.335 e. The van der Waals surface area contributed by atoms with Crippen LogP contribution >= 0.6 is 23.8 Å². The van der Waals surface area contributed by atoms with Crippen LogP contribution in [0, 0.1) is 11.7 Å². The van der Waals surface area contributed by atoms with Crippen molar-refractivity contribution < 1.29 is 0 Å². The summed E-state index contributed by atoms with van der Waals surface area (Å²) in [7, 11) is 0. The number of nitrogens with zero attached hydrogens (tertiary/aromatic N) is 1. The Labute approximate surface area is 98.0 Å². The third-order valence-corrected chi connectivity index (χ3v) is 2.46. The van der Waals surface area contributed by atoms with Crippen LogP contribution < -0.4 is 0 Å². The predicted molar refractivity (Wildman–Crippen MR) is 64.6 cm³/mol. The van der Waals surface area contributed by atoms with Gasteiger partial charge >= 0.3 is 0 Å². The monoisotopic (exact) mass is 236 g/mol. The fourth-order valence-corrected chi connectivity index (χ4v) is 1.73. The normalized spacial score (nSPS) is 10.3. The van der Waals surface area contributed by atoms with Gasteiger partial charge in [-0.25, -0.2) is 4.98 Å². The van der Waals surface area contributed by atoms with Crippen molar-refractivity contribution in [1.82, 2.24) is 9.97 Å². The number of aryl methyl sites for hydroxylation is 1. The fourth-order valence-electron chi connectivity index (χ4n) is 1.35. The second kappa shape index (κ2) is 4.13. The zero-order valence-electron chi connectivity index (χ0n) is 8.12. The van der Waals surface area contributed by atoms with Gasteiger partial charge in [0.25, 0.3) is 0 Å². The Balaban J connectivity index is 2.54. The third-order valence-electron chi connectivity index (χ3n) is 2.02. The Bertz CT molecular complexity index is 531. The summed E-state index contributed by atoms with van der Waals surface area (Å²) in [4.78, 5) is 7.22. The molecule has 2 aromatic rings. The Hall–Kier alpha value is -1.19. The molecule has 0 aliphatic carbocycles. The lowest BCUT2D eigenvalue weighted by atomic mass is 10.1. The molecule has 0 amide bonds. The number of halogens is 1. The minimum atomic E-state index is 0.500. The van der Waals surface area contributed by atoms with Crippen molar-refractivity contribution in [2.24, 2.45) is 0 Å². The molecular weight excluding hydrogens is 228 g/mol. The molecule has 4 heteroatoms. The zero-order valence-corrected chi connectivity index (χ0v) is 9.69. The number of hydrogen-bond donors (Lipinski definition) is 1. The number of aromatic nitrogens is 2. The summed E-state index contributed by atoms with van der Waals surface area (Å²) in [5.74, 6) is 0. The molecule has 0 aliphatic heterocycles. The summed E-state index contributed by atoms with van der Waals surface area (Å²) in [6.45, 7) is 1.96. The van der Waals surface area contributed by atoms with E-state index in [4.69, 9.17) is 23.8 Å². The molecule has 0 unspecified atom stereocenters. The highest BCUT2D eigenvalue weighted by Gasteiger charge is 1.99. The quantitative estimate of drug-likeness (QED) is 0.764. The average molecular weight is 237 g/mol. The highest BCUT2D eigenvalue weighted by molar-refractivity contribution is 7.71. The van der Waals surface area contributed by atoms with Crippen LogP contribution in [0.3, 0.4) is 0 Å². The summed E-state index contributed by atoms with van der Waals surface area (Å²) in [6, 6.07) is 9.50. The molecule has 0 aliphatic rings. The first-order chi connectivity index (χ1) is 7.15. The molecule has 76 valence electrons. The van der Waals surface area contributed by atoms with Crippen LogP contribution in [0.25, 0.3) is 11.3 Å². The van der Waals surface area contributed by atoms with Gasteiger partial charge in [0, 0.05) is 16.3 Å². The summed E-state index contributed by atoms with van der Waals surface area (Å²) in [5.41, 5.74) is 2.88. The zero-order chi connectivity index (χ0) is 10.8. The predicted octanol–water partition coefficient (Wildman–Crippen LogP) is 3.77. The molecule has 0 saturated carbocycles. The molecule has 2 nitrogen and oxygen atoms in total. The topological polar surface area (TPSA) is 28.7 Å². The molecule has 1 heterocycles. The van der Waals surface area contributed by atoms with E-state index in [1.165, 1.54) is 0 Å². The summed E-state index contributed by atoms with van der Waals surface area (Å²) < 4.78 is 0.500. The van der Waals surface area contributed by atoms with Gasteiger partial charge in [-0.2, -0.15) is 0 Å². The second-order valence-corrected chi connectivity index (χ2v) is 4.08. The van der Waals surface area contributed by atoms with Gasteiger partial charge in [-0.05, 0) is 37.3 Å². The summed E-state index contributed by atoms with van der Waals surface area (Å²) >= 11 is 10.8. The van der Waals surface area contributed by atoms with E-state index in [1.807, 2.05) is 37.3 Å². The minimum absolute atomic E-state index is 0.500. The Morgan fingerprint density at radius 1 is 1.27 bits per heavy atom. The van der Waals surface area contributed by atoms with Crippen LogP contribution in [-0.2, 0) is 0 Å². The maximum Gasteiger partial charge on any atom is 0.197 e. The molecule has 0 radical (unpaired) electrons. The standard InChI is InChI=1S/C11H9ClN2S/c1-7-6-10(14-11(15)13-7)8-2-4-9(12)5-3-8/h2-6H,1H3,(H,13,14,15). The van der Waals surface area contributed by atoms with E-state index >= 15 is 0 Å². The number of H-pyrrole nitrogens is 1. The molecule has 1 aromatic carbocycles. The number of rotatable bonds is 1. The summed E-state index contributed by atoms with van der Waals surface area (Å²) in [6.07, 6.45) is 0. The van der Waals surface area contributed by atoms with E-state index in [0.29, 0.717) is 4.77 Å². The summed E-state index contributed by atoms with van der Waals surface area (Å²) in [5, 5.41) is 0.719. The van der Waals surface area contributed by atoms with E-state index in [2.05, 4.69) is 9.97 Å². The van der Waals surface area contributed by atoms with Crippen molar-refractivity contribution in [3.63, 3.8) is 0 Å². The van der Waals surface area contributed by atoms with E-state index in [9.17, 15) is 0 Å². The molecule has 15 heavy (non-hydrogen) atoms. The number of hydrogen-bond acceptors (Lipinski definition) is 2. The first kappa shape index (κ1) is 10.3. The molecule has 0 spiro atoms. The van der Waals surface area contributed by atoms with Crippen molar-refractivity contribution in [2.75, 3.05) is 0 Å². The number of nitrogens with one attached hydrogen (secondary N) is 1. The minimum Gasteiger partial charge on any atom is -0.335 e. The van der Waals surface area contributed by atoms with Crippen LogP contribution in [0.1, 0.15) is 5.69 Å². The number of benzene rings is 1. The van der Waals surface area contributed by atoms with Gasteiger partial charge in [0.2, 0.25) is 0 Å².